The van der Waals surface area contributed by atoms with E-state index in [1.165, 1.54) is 0 Å². The van der Waals surface area contributed by atoms with Crippen LogP contribution in [-0.2, 0) is 27.2 Å². The van der Waals surface area contributed by atoms with Crippen LogP contribution in [0.3, 0.4) is 0 Å². The second-order valence-electron chi connectivity index (χ2n) is 4.53. The second kappa shape index (κ2) is 7.20. The van der Waals surface area contributed by atoms with Crippen LogP contribution in [0.4, 0.5) is 0 Å². The summed E-state index contributed by atoms with van der Waals surface area (Å²) in [6.07, 6.45) is 5.34. The maximum atomic E-state index is 10.4. The fraction of sp³-hybridized carbons (Fsp3) is 0.750. The molecule has 1 saturated heterocycles. The SMILES string of the molecule is O=C(O)CCc1cn(CCOC2CCCCO2)nn1. The van der Waals surface area contributed by atoms with Gasteiger partial charge in [-0.3, -0.25) is 4.79 Å². The number of nitrogens with zero attached hydrogens (tertiary/aromatic N) is 3. The maximum Gasteiger partial charge on any atom is 0.303 e. The Morgan fingerprint density at radius 1 is 1.58 bits per heavy atom. The van der Waals surface area contributed by atoms with Gasteiger partial charge in [0.05, 0.1) is 25.3 Å². The van der Waals surface area contributed by atoms with E-state index >= 15 is 0 Å². The van der Waals surface area contributed by atoms with E-state index < -0.39 is 5.97 Å². The third-order valence-corrected chi connectivity index (χ3v) is 2.94. The molecule has 0 aliphatic carbocycles. The van der Waals surface area contributed by atoms with Crippen molar-refractivity contribution in [2.24, 2.45) is 0 Å². The molecule has 2 heterocycles. The number of ether oxygens (including phenoxy) is 2. The first kappa shape index (κ1) is 14.0. The van der Waals surface area contributed by atoms with Crippen LogP contribution in [-0.4, -0.2) is 45.6 Å². The van der Waals surface area contributed by atoms with Gasteiger partial charge in [0.25, 0.3) is 0 Å². The van der Waals surface area contributed by atoms with Crippen molar-refractivity contribution in [3.05, 3.63) is 11.9 Å². The Morgan fingerprint density at radius 2 is 2.47 bits per heavy atom. The van der Waals surface area contributed by atoms with Gasteiger partial charge in [0.1, 0.15) is 0 Å². The number of aliphatic carboxylic acids is 1. The Hall–Kier alpha value is -1.47. The van der Waals surface area contributed by atoms with Crippen molar-refractivity contribution in [2.45, 2.75) is 44.9 Å². The summed E-state index contributed by atoms with van der Waals surface area (Å²) in [5.41, 5.74) is 0.691. The molecule has 1 atom stereocenters. The third-order valence-electron chi connectivity index (χ3n) is 2.94. The monoisotopic (exact) mass is 269 g/mol. The smallest absolute Gasteiger partial charge is 0.303 e. The van der Waals surface area contributed by atoms with Crippen LogP contribution in [0.1, 0.15) is 31.4 Å². The number of carboxylic acids is 1. The van der Waals surface area contributed by atoms with Gasteiger partial charge in [0, 0.05) is 19.2 Å². The predicted octanol–water partition coefficient (Wildman–Crippen LogP) is 0.839. The molecule has 1 aliphatic heterocycles. The first-order valence-corrected chi connectivity index (χ1v) is 6.58. The molecule has 0 radical (unpaired) electrons. The average Bonchev–Trinajstić information content (AvgIpc) is 2.86. The van der Waals surface area contributed by atoms with Crippen molar-refractivity contribution in [1.29, 1.82) is 0 Å². The minimum Gasteiger partial charge on any atom is -0.481 e. The highest BCUT2D eigenvalue weighted by Crippen LogP contribution is 2.13. The van der Waals surface area contributed by atoms with Gasteiger partial charge < -0.3 is 14.6 Å². The van der Waals surface area contributed by atoms with Gasteiger partial charge in [-0.25, -0.2) is 4.68 Å². The van der Waals surface area contributed by atoms with Gasteiger partial charge in [-0.1, -0.05) is 5.21 Å². The molecule has 19 heavy (non-hydrogen) atoms. The number of aryl methyl sites for hydroxylation is 1. The fourth-order valence-electron chi connectivity index (χ4n) is 1.92. The molecule has 1 fully saturated rings. The van der Waals surface area contributed by atoms with Crippen molar-refractivity contribution in [1.82, 2.24) is 15.0 Å². The number of hydrogen-bond donors (Lipinski definition) is 1. The van der Waals surface area contributed by atoms with Gasteiger partial charge in [-0.15, -0.1) is 5.10 Å². The van der Waals surface area contributed by atoms with E-state index in [-0.39, 0.29) is 12.7 Å². The van der Waals surface area contributed by atoms with E-state index in [9.17, 15) is 4.79 Å². The predicted molar refractivity (Wildman–Crippen MR) is 65.5 cm³/mol. The highest BCUT2D eigenvalue weighted by Gasteiger charge is 2.13. The molecule has 0 amide bonds. The lowest BCUT2D eigenvalue weighted by atomic mass is 10.2. The van der Waals surface area contributed by atoms with E-state index in [1.54, 1.807) is 10.9 Å². The Morgan fingerprint density at radius 3 is 3.21 bits per heavy atom. The van der Waals surface area contributed by atoms with E-state index in [4.69, 9.17) is 14.6 Å². The van der Waals surface area contributed by atoms with Crippen molar-refractivity contribution in [2.75, 3.05) is 13.2 Å². The van der Waals surface area contributed by atoms with Gasteiger partial charge in [-0.05, 0) is 19.3 Å². The van der Waals surface area contributed by atoms with E-state index in [1.807, 2.05) is 0 Å². The normalized spacial score (nSPS) is 19.5. The van der Waals surface area contributed by atoms with Crippen molar-refractivity contribution in [3.63, 3.8) is 0 Å². The highest BCUT2D eigenvalue weighted by molar-refractivity contribution is 5.66. The molecule has 2 rings (SSSR count). The molecule has 0 spiro atoms. The van der Waals surface area contributed by atoms with Crippen LogP contribution >= 0.6 is 0 Å². The van der Waals surface area contributed by atoms with Crippen LogP contribution in [0.2, 0.25) is 0 Å². The van der Waals surface area contributed by atoms with Crippen LogP contribution < -0.4 is 0 Å². The summed E-state index contributed by atoms with van der Waals surface area (Å²) >= 11 is 0. The summed E-state index contributed by atoms with van der Waals surface area (Å²) < 4.78 is 12.7. The molecule has 1 aliphatic rings. The van der Waals surface area contributed by atoms with Crippen LogP contribution in [0.15, 0.2) is 6.20 Å². The minimum absolute atomic E-state index is 0.0745. The van der Waals surface area contributed by atoms with Crippen molar-refractivity contribution >= 4 is 5.97 Å². The van der Waals surface area contributed by atoms with Gasteiger partial charge in [0.2, 0.25) is 0 Å². The molecule has 0 aromatic carbocycles. The molecular formula is C12H19N3O4. The summed E-state index contributed by atoms with van der Waals surface area (Å²) in [5, 5.41) is 16.4. The maximum absolute atomic E-state index is 10.4. The molecule has 7 nitrogen and oxygen atoms in total. The zero-order chi connectivity index (χ0) is 13.5. The molecular weight excluding hydrogens is 250 g/mol. The molecule has 7 heteroatoms. The largest absolute Gasteiger partial charge is 0.481 e. The fourth-order valence-corrected chi connectivity index (χ4v) is 1.92. The standard InChI is InChI=1S/C12H19N3O4/c16-11(17)5-4-10-9-15(14-13-10)6-8-19-12-3-1-2-7-18-12/h9,12H,1-8H2,(H,16,17). The molecule has 1 N–H and O–H groups in total. The molecule has 1 aromatic rings. The van der Waals surface area contributed by atoms with Gasteiger partial charge in [0.15, 0.2) is 6.29 Å². The van der Waals surface area contributed by atoms with Crippen LogP contribution in [0.5, 0.6) is 0 Å². The molecule has 1 aromatic heterocycles. The lowest BCUT2D eigenvalue weighted by molar-refractivity contribution is -0.163. The quantitative estimate of drug-likeness (QED) is 0.789. The van der Waals surface area contributed by atoms with Gasteiger partial charge in [-0.2, -0.15) is 0 Å². The summed E-state index contributed by atoms with van der Waals surface area (Å²) in [7, 11) is 0. The number of aromatic nitrogens is 3. The average molecular weight is 269 g/mol. The Bertz CT molecular complexity index is 401. The summed E-state index contributed by atoms with van der Waals surface area (Å²) in [5.74, 6) is -0.827. The summed E-state index contributed by atoms with van der Waals surface area (Å²) in [6.45, 7) is 1.89. The first-order chi connectivity index (χ1) is 9.24. The lowest BCUT2D eigenvalue weighted by Crippen LogP contribution is -2.24. The Labute approximate surface area is 111 Å². The number of rotatable bonds is 7. The van der Waals surface area contributed by atoms with E-state index in [2.05, 4.69) is 10.3 Å². The summed E-state index contributed by atoms with van der Waals surface area (Å²) in [6, 6.07) is 0. The Kier molecular flexibility index (Phi) is 5.29. The summed E-state index contributed by atoms with van der Waals surface area (Å²) in [4.78, 5) is 10.4. The molecule has 0 saturated carbocycles. The van der Waals surface area contributed by atoms with E-state index in [0.717, 1.165) is 25.9 Å². The zero-order valence-corrected chi connectivity index (χ0v) is 10.8. The molecule has 106 valence electrons. The zero-order valence-electron chi connectivity index (χ0n) is 10.8. The van der Waals surface area contributed by atoms with Crippen LogP contribution in [0.25, 0.3) is 0 Å². The van der Waals surface area contributed by atoms with Crippen molar-refractivity contribution in [3.8, 4) is 0 Å². The van der Waals surface area contributed by atoms with Gasteiger partial charge >= 0.3 is 5.97 Å². The van der Waals surface area contributed by atoms with Crippen molar-refractivity contribution < 1.29 is 19.4 Å². The first-order valence-electron chi connectivity index (χ1n) is 6.58. The Balaban J connectivity index is 1.66. The van der Waals surface area contributed by atoms with Crippen LogP contribution in [0, 0.1) is 0 Å². The minimum atomic E-state index is -0.827. The molecule has 1 unspecified atom stereocenters. The number of carbonyl (C=O) groups is 1. The lowest BCUT2D eigenvalue weighted by Gasteiger charge is -2.22. The number of carboxylic acid groups (broad SMARTS) is 1. The highest BCUT2D eigenvalue weighted by atomic mass is 16.7. The molecule has 0 bridgehead atoms. The third kappa shape index (κ3) is 4.96. The second-order valence-corrected chi connectivity index (χ2v) is 4.53. The topological polar surface area (TPSA) is 86.5 Å². The van der Waals surface area contributed by atoms with E-state index in [0.29, 0.717) is 25.3 Å². The number of hydrogen-bond acceptors (Lipinski definition) is 5.